The third-order valence-corrected chi connectivity index (χ3v) is 3.10. The van der Waals surface area contributed by atoms with Gasteiger partial charge in [-0.15, -0.1) is 0 Å². The summed E-state index contributed by atoms with van der Waals surface area (Å²) < 4.78 is 14.9. The number of ether oxygens (including phenoxy) is 3. The van der Waals surface area contributed by atoms with Crippen molar-refractivity contribution >= 4 is 22.2 Å². The summed E-state index contributed by atoms with van der Waals surface area (Å²) in [6, 6.07) is 3.48. The molecule has 17 heavy (non-hydrogen) atoms. The number of benzene rings is 1. The van der Waals surface area contributed by atoms with E-state index in [0.717, 1.165) is 11.8 Å². The Labute approximate surface area is 109 Å². The summed E-state index contributed by atoms with van der Waals surface area (Å²) in [5.74, 6) is 1.55. The molecule has 0 aliphatic heterocycles. The lowest BCUT2D eigenvalue weighted by Crippen LogP contribution is -2.15. The van der Waals surface area contributed by atoms with E-state index in [2.05, 4.69) is 15.9 Å². The largest absolute Gasteiger partial charge is 0.493 e. The molecule has 0 heterocycles. The Balaban J connectivity index is 3.42. The topological polar surface area (TPSA) is 44.8 Å². The summed E-state index contributed by atoms with van der Waals surface area (Å²) in [5, 5.41) is 0. The van der Waals surface area contributed by atoms with Crippen molar-refractivity contribution in [1.82, 2.24) is 0 Å². The second-order valence-corrected chi connectivity index (χ2v) is 5.25. The summed E-state index contributed by atoms with van der Waals surface area (Å²) in [6.07, 6.45) is 0.813. The zero-order valence-corrected chi connectivity index (χ0v) is 11.8. The average Bonchev–Trinajstić information content (AvgIpc) is 2.36. The molecule has 0 amide bonds. The van der Waals surface area contributed by atoms with Gasteiger partial charge in [0.25, 0.3) is 0 Å². The van der Waals surface area contributed by atoms with Crippen LogP contribution in [0.25, 0.3) is 0 Å². The first-order chi connectivity index (χ1) is 8.00. The van der Waals surface area contributed by atoms with E-state index < -0.39 is 4.32 Å². The van der Waals surface area contributed by atoms with Crippen LogP contribution in [0.4, 0.5) is 0 Å². The van der Waals surface area contributed by atoms with Crippen LogP contribution in [0.2, 0.25) is 0 Å². The highest BCUT2D eigenvalue weighted by molar-refractivity contribution is 9.10. The molecule has 94 valence electrons. The normalized spacial score (nSPS) is 13.7. The zero-order valence-electron chi connectivity index (χ0n) is 10.2. The van der Waals surface area contributed by atoms with Crippen molar-refractivity contribution < 1.29 is 19.0 Å². The Kier molecular flexibility index (Phi) is 4.40. The first-order valence-electron chi connectivity index (χ1n) is 4.96. The number of alkyl halides is 1. The Bertz CT molecular complexity index is 390. The average molecular weight is 303 g/mol. The van der Waals surface area contributed by atoms with Crippen molar-refractivity contribution in [2.45, 2.75) is 11.2 Å². The molecule has 1 rings (SSSR count). The molecule has 1 unspecified atom stereocenters. The van der Waals surface area contributed by atoms with Gasteiger partial charge in [-0.3, -0.25) is 0 Å². The lowest BCUT2D eigenvalue weighted by molar-refractivity contribution is -0.109. The van der Waals surface area contributed by atoms with Gasteiger partial charge in [0.15, 0.2) is 11.5 Å². The molecule has 1 aromatic rings. The van der Waals surface area contributed by atoms with Crippen LogP contribution >= 0.6 is 15.9 Å². The van der Waals surface area contributed by atoms with Crippen LogP contribution in [0.15, 0.2) is 12.1 Å². The van der Waals surface area contributed by atoms with Gasteiger partial charge in [0.1, 0.15) is 10.6 Å². The molecule has 4 nitrogen and oxygen atoms in total. The van der Waals surface area contributed by atoms with E-state index in [-0.39, 0.29) is 0 Å². The Morgan fingerprint density at radius 1 is 1.12 bits per heavy atom. The Morgan fingerprint density at radius 3 is 1.88 bits per heavy atom. The SMILES string of the molecule is COc1cc(C(C)(Br)C=O)cc(OC)c1OC. The third-order valence-electron chi connectivity index (χ3n) is 2.45. The van der Waals surface area contributed by atoms with Gasteiger partial charge < -0.3 is 19.0 Å². The van der Waals surface area contributed by atoms with Crippen LogP contribution in [-0.4, -0.2) is 27.6 Å². The minimum atomic E-state index is -0.778. The molecule has 0 fully saturated rings. The summed E-state index contributed by atoms with van der Waals surface area (Å²) >= 11 is 3.34. The van der Waals surface area contributed by atoms with Crippen molar-refractivity contribution in [3.63, 3.8) is 0 Å². The summed E-state index contributed by atoms with van der Waals surface area (Å²) in [7, 11) is 4.61. The van der Waals surface area contributed by atoms with Crippen molar-refractivity contribution in [2.24, 2.45) is 0 Å². The van der Waals surface area contributed by atoms with Gasteiger partial charge >= 0.3 is 0 Å². The molecule has 0 bridgehead atoms. The first kappa shape index (κ1) is 13.8. The number of carbonyl (C=O) groups is 1. The predicted octanol–water partition coefficient (Wildman–Crippen LogP) is 2.52. The fourth-order valence-electron chi connectivity index (χ4n) is 1.43. The molecule has 0 spiro atoms. The van der Waals surface area contributed by atoms with Crippen LogP contribution in [0.1, 0.15) is 12.5 Å². The van der Waals surface area contributed by atoms with Crippen molar-refractivity contribution in [1.29, 1.82) is 0 Å². The smallest absolute Gasteiger partial charge is 0.203 e. The number of hydrogen-bond acceptors (Lipinski definition) is 4. The minimum Gasteiger partial charge on any atom is -0.493 e. The third kappa shape index (κ3) is 2.72. The number of rotatable bonds is 5. The minimum absolute atomic E-state index is 0.507. The van der Waals surface area contributed by atoms with E-state index in [0.29, 0.717) is 17.2 Å². The van der Waals surface area contributed by atoms with E-state index >= 15 is 0 Å². The standard InChI is InChI=1S/C12H15BrO4/c1-12(13,7-14)8-5-9(15-2)11(17-4)10(6-8)16-3/h5-7H,1-4H3. The molecule has 0 radical (unpaired) electrons. The van der Waals surface area contributed by atoms with Gasteiger partial charge in [-0.25, -0.2) is 0 Å². The number of carbonyl (C=O) groups excluding carboxylic acids is 1. The summed E-state index contributed by atoms with van der Waals surface area (Å²) in [6.45, 7) is 1.75. The quantitative estimate of drug-likeness (QED) is 0.619. The Hall–Kier alpha value is -1.23. The lowest BCUT2D eigenvalue weighted by Gasteiger charge is -2.19. The number of hydrogen-bond donors (Lipinski definition) is 0. The van der Waals surface area contributed by atoms with Crippen molar-refractivity contribution in [3.05, 3.63) is 17.7 Å². The monoisotopic (exact) mass is 302 g/mol. The molecule has 1 atom stereocenters. The van der Waals surface area contributed by atoms with Crippen LogP contribution in [0.5, 0.6) is 17.2 Å². The molecule has 5 heteroatoms. The molecular weight excluding hydrogens is 288 g/mol. The predicted molar refractivity (Wildman–Crippen MR) is 68.4 cm³/mol. The van der Waals surface area contributed by atoms with E-state index in [1.807, 2.05) is 0 Å². The number of methoxy groups -OCH3 is 3. The highest BCUT2D eigenvalue weighted by Gasteiger charge is 2.25. The van der Waals surface area contributed by atoms with Gasteiger partial charge in [-0.05, 0) is 24.6 Å². The number of halogens is 1. The lowest BCUT2D eigenvalue weighted by atomic mass is 10.0. The van der Waals surface area contributed by atoms with Gasteiger partial charge in [0.2, 0.25) is 5.75 Å². The Morgan fingerprint density at radius 2 is 1.59 bits per heavy atom. The molecule has 0 aromatic heterocycles. The van der Waals surface area contributed by atoms with Gasteiger partial charge in [0, 0.05) is 0 Å². The second-order valence-electron chi connectivity index (χ2n) is 3.61. The molecule has 0 saturated heterocycles. The molecule has 0 saturated carbocycles. The fourth-order valence-corrected chi connectivity index (χ4v) is 1.66. The zero-order chi connectivity index (χ0) is 13.1. The molecule has 0 aliphatic carbocycles. The molecule has 0 N–H and O–H groups in total. The van der Waals surface area contributed by atoms with Crippen molar-refractivity contribution in [2.75, 3.05) is 21.3 Å². The van der Waals surface area contributed by atoms with Crippen LogP contribution in [-0.2, 0) is 9.12 Å². The molecule has 0 aliphatic rings. The molecule has 1 aromatic carbocycles. The van der Waals surface area contributed by atoms with E-state index in [1.165, 1.54) is 21.3 Å². The summed E-state index contributed by atoms with van der Waals surface area (Å²) in [5.41, 5.74) is 0.738. The summed E-state index contributed by atoms with van der Waals surface area (Å²) in [4.78, 5) is 11.0. The van der Waals surface area contributed by atoms with Crippen LogP contribution in [0.3, 0.4) is 0 Å². The fraction of sp³-hybridized carbons (Fsp3) is 0.417. The van der Waals surface area contributed by atoms with E-state index in [9.17, 15) is 4.79 Å². The van der Waals surface area contributed by atoms with Gasteiger partial charge in [-0.2, -0.15) is 0 Å². The maximum absolute atomic E-state index is 11.0. The number of aldehydes is 1. The van der Waals surface area contributed by atoms with Gasteiger partial charge in [0.05, 0.1) is 21.3 Å². The van der Waals surface area contributed by atoms with E-state index in [1.54, 1.807) is 19.1 Å². The maximum Gasteiger partial charge on any atom is 0.203 e. The maximum atomic E-state index is 11.0. The van der Waals surface area contributed by atoms with Gasteiger partial charge in [-0.1, -0.05) is 15.9 Å². The van der Waals surface area contributed by atoms with Crippen LogP contribution < -0.4 is 14.2 Å². The first-order valence-corrected chi connectivity index (χ1v) is 5.75. The molecular formula is C12H15BrO4. The highest BCUT2D eigenvalue weighted by atomic mass is 79.9. The second kappa shape index (κ2) is 5.40. The van der Waals surface area contributed by atoms with Crippen molar-refractivity contribution in [3.8, 4) is 17.2 Å². The highest BCUT2D eigenvalue weighted by Crippen LogP contribution is 2.42. The van der Waals surface area contributed by atoms with Crippen LogP contribution in [0, 0.1) is 0 Å². The van der Waals surface area contributed by atoms with E-state index in [4.69, 9.17) is 14.2 Å².